The summed E-state index contributed by atoms with van der Waals surface area (Å²) in [7, 11) is 0. The molecule has 2 aromatic carbocycles. The van der Waals surface area contributed by atoms with E-state index in [4.69, 9.17) is 10.5 Å². The summed E-state index contributed by atoms with van der Waals surface area (Å²) in [5, 5.41) is 0. The Labute approximate surface area is 181 Å². The maximum absolute atomic E-state index is 12.4. The maximum atomic E-state index is 12.4. The monoisotopic (exact) mass is 441 g/mol. The minimum Gasteiger partial charge on any atom is -0.461 e. The predicted octanol–water partition coefficient (Wildman–Crippen LogP) is 3.93. The van der Waals surface area contributed by atoms with E-state index in [0.717, 1.165) is 11.1 Å². The van der Waals surface area contributed by atoms with Gasteiger partial charge in [0.25, 0.3) is 0 Å². The van der Waals surface area contributed by atoms with Crippen LogP contribution < -0.4 is 5.73 Å². The number of hydrogen-bond acceptors (Lipinski definition) is 5. The van der Waals surface area contributed by atoms with Gasteiger partial charge < -0.3 is 15.2 Å². The lowest BCUT2D eigenvalue weighted by Crippen LogP contribution is -2.35. The van der Waals surface area contributed by atoms with E-state index in [1.54, 1.807) is 24.3 Å². The van der Waals surface area contributed by atoms with Crippen LogP contribution in [0.2, 0.25) is 0 Å². The number of carbonyl (C=O) groups is 2. The van der Waals surface area contributed by atoms with Crippen molar-refractivity contribution in [3.63, 3.8) is 0 Å². The molecule has 0 bridgehead atoms. The van der Waals surface area contributed by atoms with E-state index in [9.17, 15) is 18.4 Å². The summed E-state index contributed by atoms with van der Waals surface area (Å²) in [6.07, 6.45) is 0.686. The van der Waals surface area contributed by atoms with E-state index in [2.05, 4.69) is 4.74 Å². The lowest BCUT2D eigenvalue weighted by molar-refractivity contribution is -0.166. The number of esters is 1. The third-order valence-electron chi connectivity index (χ3n) is 4.43. The molecule has 0 amide bonds. The number of aryl methyl sites for hydroxylation is 1. The van der Waals surface area contributed by atoms with Crippen molar-refractivity contribution in [3.8, 4) is 0 Å². The normalized spacial score (nSPS) is 12.7. The standard InChI is InChI=1S/C22H25F2NO4.ClH/c23-22(24)29-15-18(21(27)28-14-17-9-5-2-6-10-17)13-20(26)19(25)12-11-16-7-3-1-4-8-16;/h1-10,18-19,22H,11-15,25H2;1H/t18-,19-;/m0./s1. The average molecular weight is 442 g/mol. The highest BCUT2D eigenvalue weighted by Gasteiger charge is 2.27. The summed E-state index contributed by atoms with van der Waals surface area (Å²) in [5.41, 5.74) is 7.73. The van der Waals surface area contributed by atoms with E-state index in [1.807, 2.05) is 36.4 Å². The average Bonchev–Trinajstić information content (AvgIpc) is 2.74. The van der Waals surface area contributed by atoms with Gasteiger partial charge in [-0.15, -0.1) is 12.4 Å². The third kappa shape index (κ3) is 9.43. The molecule has 2 rings (SSSR count). The molecule has 0 fully saturated rings. The van der Waals surface area contributed by atoms with Gasteiger partial charge in [0, 0.05) is 6.42 Å². The molecule has 2 atom stereocenters. The molecule has 0 saturated heterocycles. The zero-order valence-corrected chi connectivity index (χ0v) is 17.2. The fraction of sp³-hybridized carbons (Fsp3) is 0.364. The van der Waals surface area contributed by atoms with Gasteiger partial charge in [-0.2, -0.15) is 8.78 Å². The lowest BCUT2D eigenvalue weighted by atomic mass is 9.96. The number of benzene rings is 2. The number of Topliss-reactive ketones (excluding diaryl/α,β-unsaturated/α-hetero) is 1. The van der Waals surface area contributed by atoms with E-state index in [0.29, 0.717) is 12.8 Å². The Morgan fingerprint density at radius 1 is 0.933 bits per heavy atom. The van der Waals surface area contributed by atoms with Gasteiger partial charge in [0.2, 0.25) is 0 Å². The van der Waals surface area contributed by atoms with Crippen LogP contribution in [0.25, 0.3) is 0 Å². The number of nitrogens with two attached hydrogens (primary N) is 1. The second-order valence-electron chi connectivity index (χ2n) is 6.69. The molecule has 0 aliphatic carbocycles. The molecule has 5 nitrogen and oxygen atoms in total. The molecule has 0 spiro atoms. The zero-order valence-electron chi connectivity index (χ0n) is 16.4. The first-order chi connectivity index (χ1) is 14.0. The van der Waals surface area contributed by atoms with Crippen molar-refractivity contribution in [1.29, 1.82) is 0 Å². The van der Waals surface area contributed by atoms with Crippen molar-refractivity contribution in [3.05, 3.63) is 71.8 Å². The molecular weight excluding hydrogens is 416 g/mol. The van der Waals surface area contributed by atoms with Crippen molar-refractivity contribution >= 4 is 24.2 Å². The Morgan fingerprint density at radius 2 is 1.50 bits per heavy atom. The number of ether oxygens (including phenoxy) is 2. The van der Waals surface area contributed by atoms with Crippen LogP contribution in [0.15, 0.2) is 60.7 Å². The Hall–Kier alpha value is -2.35. The number of halogens is 3. The van der Waals surface area contributed by atoms with Crippen LogP contribution in [0, 0.1) is 5.92 Å². The minimum absolute atomic E-state index is 0. The van der Waals surface area contributed by atoms with Gasteiger partial charge in [0.05, 0.1) is 18.6 Å². The van der Waals surface area contributed by atoms with Crippen molar-refractivity contribution in [2.45, 2.75) is 38.5 Å². The molecular formula is C22H26ClF2NO4. The first-order valence-corrected chi connectivity index (χ1v) is 9.38. The van der Waals surface area contributed by atoms with Crippen LogP contribution >= 0.6 is 12.4 Å². The molecule has 2 aromatic rings. The van der Waals surface area contributed by atoms with Gasteiger partial charge in [0.1, 0.15) is 12.4 Å². The third-order valence-corrected chi connectivity index (χ3v) is 4.43. The van der Waals surface area contributed by atoms with Gasteiger partial charge in [-0.3, -0.25) is 9.59 Å². The molecule has 2 N–H and O–H groups in total. The fourth-order valence-corrected chi connectivity index (χ4v) is 2.77. The van der Waals surface area contributed by atoms with Crippen molar-refractivity contribution in [1.82, 2.24) is 0 Å². The van der Waals surface area contributed by atoms with Crippen LogP contribution in [0.3, 0.4) is 0 Å². The highest BCUT2D eigenvalue weighted by atomic mass is 35.5. The zero-order chi connectivity index (χ0) is 21.1. The smallest absolute Gasteiger partial charge is 0.345 e. The lowest BCUT2D eigenvalue weighted by Gasteiger charge is -2.18. The molecule has 0 aromatic heterocycles. The largest absolute Gasteiger partial charge is 0.461 e. The van der Waals surface area contributed by atoms with Crippen molar-refractivity contribution < 1.29 is 27.8 Å². The number of rotatable bonds is 12. The Bertz CT molecular complexity index is 762. The van der Waals surface area contributed by atoms with Crippen molar-refractivity contribution in [2.24, 2.45) is 11.7 Å². The predicted molar refractivity (Wildman–Crippen MR) is 111 cm³/mol. The highest BCUT2D eigenvalue weighted by Crippen LogP contribution is 2.14. The number of hydrogen-bond donors (Lipinski definition) is 1. The van der Waals surface area contributed by atoms with Crippen LogP contribution in [-0.2, 0) is 32.1 Å². The Morgan fingerprint density at radius 3 is 2.07 bits per heavy atom. The van der Waals surface area contributed by atoms with Crippen LogP contribution in [0.1, 0.15) is 24.0 Å². The van der Waals surface area contributed by atoms with Crippen LogP contribution in [-0.4, -0.2) is 31.0 Å². The minimum atomic E-state index is -3.04. The molecule has 164 valence electrons. The second kappa shape index (κ2) is 13.8. The number of alkyl halides is 2. The van der Waals surface area contributed by atoms with E-state index >= 15 is 0 Å². The number of ketones is 1. The summed E-state index contributed by atoms with van der Waals surface area (Å²) in [5.74, 6) is -2.29. The molecule has 8 heteroatoms. The highest BCUT2D eigenvalue weighted by molar-refractivity contribution is 5.88. The summed E-state index contributed by atoms with van der Waals surface area (Å²) in [4.78, 5) is 24.7. The van der Waals surface area contributed by atoms with Gasteiger partial charge in [0.15, 0.2) is 0 Å². The van der Waals surface area contributed by atoms with Gasteiger partial charge in [-0.1, -0.05) is 60.7 Å². The van der Waals surface area contributed by atoms with E-state index in [-0.39, 0.29) is 31.2 Å². The van der Waals surface area contributed by atoms with Gasteiger partial charge in [-0.05, 0) is 24.0 Å². The first-order valence-electron chi connectivity index (χ1n) is 9.38. The SMILES string of the molecule is Cl.N[C@@H](CCc1ccccc1)C(=O)C[C@@H](COC(F)F)C(=O)OCc1ccccc1. The maximum Gasteiger partial charge on any atom is 0.345 e. The molecule has 0 unspecified atom stereocenters. The number of carbonyl (C=O) groups excluding carboxylic acids is 2. The summed E-state index contributed by atoms with van der Waals surface area (Å²) in [6, 6.07) is 17.7. The van der Waals surface area contributed by atoms with Crippen molar-refractivity contribution in [2.75, 3.05) is 6.61 Å². The van der Waals surface area contributed by atoms with Gasteiger partial charge >= 0.3 is 12.6 Å². The fourth-order valence-electron chi connectivity index (χ4n) is 2.77. The van der Waals surface area contributed by atoms with Crippen LogP contribution in [0.4, 0.5) is 8.78 Å². The first kappa shape index (κ1) is 25.7. The summed E-state index contributed by atoms with van der Waals surface area (Å²) in [6.45, 7) is -3.66. The second-order valence-corrected chi connectivity index (χ2v) is 6.69. The van der Waals surface area contributed by atoms with Gasteiger partial charge in [-0.25, -0.2) is 0 Å². The molecule has 30 heavy (non-hydrogen) atoms. The topological polar surface area (TPSA) is 78.6 Å². The summed E-state index contributed by atoms with van der Waals surface area (Å²) >= 11 is 0. The molecule has 0 aliphatic rings. The van der Waals surface area contributed by atoms with E-state index in [1.165, 1.54) is 0 Å². The molecule has 0 saturated carbocycles. The van der Waals surface area contributed by atoms with E-state index < -0.39 is 31.1 Å². The Balaban J connectivity index is 0.00000450. The molecule has 0 radical (unpaired) electrons. The molecule has 0 heterocycles. The van der Waals surface area contributed by atoms with Crippen LogP contribution in [0.5, 0.6) is 0 Å². The summed E-state index contributed by atoms with van der Waals surface area (Å²) < 4.78 is 34.3. The Kier molecular flexibility index (Phi) is 11.8. The molecule has 0 aliphatic heterocycles. The quantitative estimate of drug-likeness (QED) is 0.505.